The number of allylic oxidation sites excluding steroid dienone is 1. The molecule has 0 saturated heterocycles. The van der Waals surface area contributed by atoms with Crippen LogP contribution in [0.3, 0.4) is 0 Å². The first-order chi connectivity index (χ1) is 10.2. The largest absolute Gasteiger partial charge is 0.493 e. The zero-order chi connectivity index (χ0) is 14.8. The predicted molar refractivity (Wildman–Crippen MR) is 77.9 cm³/mol. The summed E-state index contributed by atoms with van der Waals surface area (Å²) in [5.41, 5.74) is 1.15. The third-order valence-electron chi connectivity index (χ3n) is 4.26. The van der Waals surface area contributed by atoms with Crippen molar-refractivity contribution in [2.75, 3.05) is 7.11 Å². The van der Waals surface area contributed by atoms with E-state index in [0.29, 0.717) is 11.5 Å². The Balaban J connectivity index is 1.71. The lowest BCUT2D eigenvalue weighted by Gasteiger charge is -2.36. The van der Waals surface area contributed by atoms with Crippen molar-refractivity contribution in [3.63, 3.8) is 0 Å². The van der Waals surface area contributed by atoms with Gasteiger partial charge in [0.15, 0.2) is 0 Å². The lowest BCUT2D eigenvalue weighted by Crippen LogP contribution is -2.42. The van der Waals surface area contributed by atoms with E-state index >= 15 is 0 Å². The van der Waals surface area contributed by atoms with E-state index in [2.05, 4.69) is 0 Å². The third kappa shape index (κ3) is 2.95. The summed E-state index contributed by atoms with van der Waals surface area (Å²) in [5, 5.41) is 0. The molecule has 2 aliphatic rings. The highest BCUT2D eigenvalue weighted by Gasteiger charge is 2.41. The zero-order valence-corrected chi connectivity index (χ0v) is 12.4. The van der Waals surface area contributed by atoms with Crippen LogP contribution in [0, 0.1) is 12.8 Å². The Kier molecular flexibility index (Phi) is 3.97. The quantitative estimate of drug-likeness (QED) is 0.857. The van der Waals surface area contributed by atoms with Gasteiger partial charge in [-0.1, -0.05) is 17.7 Å². The maximum Gasteiger partial charge on any atom is 0.207 e. The van der Waals surface area contributed by atoms with Gasteiger partial charge in [0.1, 0.15) is 18.1 Å². The van der Waals surface area contributed by atoms with E-state index < -0.39 is 0 Å². The number of aryl methyl sites for hydroxylation is 1. The van der Waals surface area contributed by atoms with Gasteiger partial charge in [-0.2, -0.15) is 0 Å². The fraction of sp³-hybridized carbons (Fsp3) is 0.471. The van der Waals surface area contributed by atoms with Gasteiger partial charge in [0.05, 0.1) is 12.0 Å². The molecule has 1 aromatic carbocycles. The fourth-order valence-electron chi connectivity index (χ4n) is 2.95. The van der Waals surface area contributed by atoms with Gasteiger partial charge in [0.25, 0.3) is 0 Å². The van der Waals surface area contributed by atoms with Gasteiger partial charge in [0.2, 0.25) is 11.5 Å². The molecule has 1 heterocycles. The van der Waals surface area contributed by atoms with Gasteiger partial charge in [-0.15, -0.1) is 0 Å². The SMILES string of the molecule is COC1CCC2C(=O)C(Oc3ccc(C)cc3)=COC2C1. The maximum atomic E-state index is 12.5. The Morgan fingerprint density at radius 2 is 1.95 bits per heavy atom. The van der Waals surface area contributed by atoms with E-state index in [1.54, 1.807) is 7.11 Å². The number of Topliss-reactive ketones (excluding diaryl/α,β-unsaturated/α-hetero) is 1. The minimum absolute atomic E-state index is 0.0429. The topological polar surface area (TPSA) is 44.8 Å². The smallest absolute Gasteiger partial charge is 0.207 e. The van der Waals surface area contributed by atoms with Crippen molar-refractivity contribution in [2.24, 2.45) is 5.92 Å². The van der Waals surface area contributed by atoms with Crippen LogP contribution in [0.4, 0.5) is 0 Å². The molecule has 0 N–H and O–H groups in total. The number of rotatable bonds is 3. The first kappa shape index (κ1) is 14.1. The number of ether oxygens (including phenoxy) is 3. The summed E-state index contributed by atoms with van der Waals surface area (Å²) in [5.74, 6) is 0.895. The van der Waals surface area contributed by atoms with E-state index in [1.165, 1.54) is 6.26 Å². The molecule has 3 rings (SSSR count). The van der Waals surface area contributed by atoms with Crippen LogP contribution in [0.5, 0.6) is 5.75 Å². The van der Waals surface area contributed by atoms with Crippen LogP contribution in [0.15, 0.2) is 36.3 Å². The van der Waals surface area contributed by atoms with Crippen molar-refractivity contribution in [3.8, 4) is 5.75 Å². The monoisotopic (exact) mass is 288 g/mol. The highest BCUT2D eigenvalue weighted by Crippen LogP contribution is 2.34. The Morgan fingerprint density at radius 1 is 1.19 bits per heavy atom. The summed E-state index contributed by atoms with van der Waals surface area (Å²) >= 11 is 0. The number of carbonyl (C=O) groups is 1. The van der Waals surface area contributed by atoms with Gasteiger partial charge in [-0.3, -0.25) is 4.79 Å². The summed E-state index contributed by atoms with van der Waals surface area (Å²) < 4.78 is 16.8. The van der Waals surface area contributed by atoms with Crippen molar-refractivity contribution in [2.45, 2.75) is 38.4 Å². The van der Waals surface area contributed by atoms with Crippen LogP contribution in [-0.2, 0) is 14.3 Å². The number of hydrogen-bond donors (Lipinski definition) is 0. The molecule has 0 aromatic heterocycles. The average molecular weight is 288 g/mol. The third-order valence-corrected chi connectivity index (χ3v) is 4.26. The molecular formula is C17H20O4. The summed E-state index contributed by atoms with van der Waals surface area (Å²) in [6.45, 7) is 2.01. The van der Waals surface area contributed by atoms with Gasteiger partial charge < -0.3 is 14.2 Å². The number of benzene rings is 1. The number of hydrogen-bond acceptors (Lipinski definition) is 4. The maximum absolute atomic E-state index is 12.5. The van der Waals surface area contributed by atoms with E-state index in [-0.39, 0.29) is 23.9 Å². The zero-order valence-electron chi connectivity index (χ0n) is 12.4. The molecule has 21 heavy (non-hydrogen) atoms. The van der Waals surface area contributed by atoms with Crippen LogP contribution in [0.25, 0.3) is 0 Å². The van der Waals surface area contributed by atoms with Crippen molar-refractivity contribution in [1.82, 2.24) is 0 Å². The number of ketones is 1. The van der Waals surface area contributed by atoms with Crippen LogP contribution in [0.2, 0.25) is 0 Å². The van der Waals surface area contributed by atoms with Gasteiger partial charge >= 0.3 is 0 Å². The highest BCUT2D eigenvalue weighted by atomic mass is 16.5. The van der Waals surface area contributed by atoms with Crippen molar-refractivity contribution in [1.29, 1.82) is 0 Å². The lowest BCUT2D eigenvalue weighted by molar-refractivity contribution is -0.133. The van der Waals surface area contributed by atoms with Gasteiger partial charge in [-0.05, 0) is 31.9 Å². The van der Waals surface area contributed by atoms with Crippen molar-refractivity contribution >= 4 is 5.78 Å². The summed E-state index contributed by atoms with van der Waals surface area (Å²) in [4.78, 5) is 12.5. The number of carbonyl (C=O) groups excluding carboxylic acids is 1. The van der Waals surface area contributed by atoms with E-state index in [4.69, 9.17) is 14.2 Å². The van der Waals surface area contributed by atoms with Gasteiger partial charge in [0, 0.05) is 13.5 Å². The minimum atomic E-state index is -0.109. The predicted octanol–water partition coefficient (Wildman–Crippen LogP) is 3.00. The van der Waals surface area contributed by atoms with E-state index in [9.17, 15) is 4.79 Å². The van der Waals surface area contributed by atoms with Crippen molar-refractivity contribution < 1.29 is 19.0 Å². The summed E-state index contributed by atoms with van der Waals surface area (Å²) in [6.07, 6.45) is 4.01. The van der Waals surface area contributed by atoms with E-state index in [0.717, 1.165) is 24.8 Å². The number of fused-ring (bicyclic) bond motifs is 1. The molecule has 3 atom stereocenters. The second-order valence-electron chi connectivity index (χ2n) is 5.71. The number of methoxy groups -OCH3 is 1. The normalized spacial score (nSPS) is 28.4. The molecule has 1 aromatic rings. The molecule has 0 amide bonds. The first-order valence-electron chi connectivity index (χ1n) is 7.34. The molecule has 3 unspecified atom stereocenters. The minimum Gasteiger partial charge on any atom is -0.493 e. The molecule has 4 nitrogen and oxygen atoms in total. The molecule has 4 heteroatoms. The first-order valence-corrected chi connectivity index (χ1v) is 7.34. The fourth-order valence-corrected chi connectivity index (χ4v) is 2.95. The average Bonchev–Trinajstić information content (AvgIpc) is 2.52. The summed E-state index contributed by atoms with van der Waals surface area (Å²) in [7, 11) is 1.71. The van der Waals surface area contributed by atoms with Crippen LogP contribution in [-0.4, -0.2) is 25.1 Å². The molecular weight excluding hydrogens is 268 g/mol. The van der Waals surface area contributed by atoms with Crippen LogP contribution < -0.4 is 4.74 Å². The molecule has 1 fully saturated rings. The molecule has 1 aliphatic heterocycles. The molecule has 1 aliphatic carbocycles. The van der Waals surface area contributed by atoms with E-state index in [1.807, 2.05) is 31.2 Å². The Hall–Kier alpha value is -1.81. The Labute approximate surface area is 124 Å². The lowest BCUT2D eigenvalue weighted by atomic mass is 9.80. The molecule has 1 saturated carbocycles. The molecule has 0 spiro atoms. The Morgan fingerprint density at radius 3 is 2.67 bits per heavy atom. The molecule has 0 bridgehead atoms. The Bertz CT molecular complexity index is 546. The summed E-state index contributed by atoms with van der Waals surface area (Å²) in [6, 6.07) is 7.63. The van der Waals surface area contributed by atoms with Crippen molar-refractivity contribution in [3.05, 3.63) is 41.9 Å². The standard InChI is InChI=1S/C17H20O4/c1-11-3-5-12(6-4-11)21-16-10-20-15-9-13(19-2)7-8-14(15)17(16)18/h3-6,10,13-15H,7-9H2,1-2H3. The van der Waals surface area contributed by atoms with Crippen LogP contribution >= 0.6 is 0 Å². The van der Waals surface area contributed by atoms with Gasteiger partial charge in [-0.25, -0.2) is 0 Å². The second-order valence-corrected chi connectivity index (χ2v) is 5.71. The molecule has 0 radical (unpaired) electrons. The molecule has 112 valence electrons. The highest BCUT2D eigenvalue weighted by molar-refractivity contribution is 5.96. The van der Waals surface area contributed by atoms with Crippen LogP contribution in [0.1, 0.15) is 24.8 Å². The second kappa shape index (κ2) is 5.90.